The van der Waals surface area contributed by atoms with Crippen molar-refractivity contribution < 1.29 is 4.99 Å². The maximum absolute atomic E-state index is 12.0. The molecule has 4 aromatic rings. The van der Waals surface area contributed by atoms with Crippen LogP contribution in [0, 0.1) is 0 Å². The first kappa shape index (κ1) is 18.2. The number of nitrogens with zero attached hydrogens (tertiary/aromatic N) is 2. The highest BCUT2D eigenvalue weighted by Crippen LogP contribution is 2.30. The number of anilines is 1. The molecule has 0 aliphatic heterocycles. The summed E-state index contributed by atoms with van der Waals surface area (Å²) in [5.41, 5.74) is 8.17. The molecule has 0 saturated heterocycles. The molecule has 2 aromatic heterocycles. The van der Waals surface area contributed by atoms with Crippen LogP contribution in [0.4, 0.5) is 11.6 Å². The number of thioether (sulfide) groups is 1. The Labute approximate surface area is 168 Å². The molecule has 2 aromatic carbocycles. The summed E-state index contributed by atoms with van der Waals surface area (Å²) in [6, 6.07) is 19.0. The summed E-state index contributed by atoms with van der Waals surface area (Å²) in [6.45, 7) is 0. The van der Waals surface area contributed by atoms with Gasteiger partial charge >= 0.3 is 5.95 Å². The molecule has 2 heterocycles. The summed E-state index contributed by atoms with van der Waals surface area (Å²) in [5, 5.41) is 3.01. The number of para-hydroxylation sites is 2. The predicted octanol–water partition coefficient (Wildman–Crippen LogP) is 1.81. The number of benzene rings is 2. The summed E-state index contributed by atoms with van der Waals surface area (Å²) in [7, 11) is 0. The third-order valence-corrected chi connectivity index (χ3v) is 5.93. The Hall–Kier alpha value is -3.17. The Morgan fingerprint density at radius 1 is 1.14 bits per heavy atom. The van der Waals surface area contributed by atoms with Crippen molar-refractivity contribution in [1.29, 1.82) is 0 Å². The highest BCUT2D eigenvalue weighted by atomic mass is 32.2. The second-order valence-corrected chi connectivity index (χ2v) is 8.10. The summed E-state index contributed by atoms with van der Waals surface area (Å²) in [5.74, 6) is 1.09. The van der Waals surface area contributed by atoms with Gasteiger partial charge in [-0.15, -0.1) is 16.3 Å². The Kier molecular flexibility index (Phi) is 5.36. The lowest BCUT2D eigenvalue weighted by Gasteiger charge is -2.01. The van der Waals surface area contributed by atoms with E-state index in [1.165, 1.54) is 6.07 Å². The molecule has 0 aliphatic rings. The van der Waals surface area contributed by atoms with Gasteiger partial charge in [0.2, 0.25) is 0 Å². The normalized spacial score (nSPS) is 11.6. The first-order valence-electron chi connectivity index (χ1n) is 8.46. The van der Waals surface area contributed by atoms with E-state index < -0.39 is 0 Å². The number of rotatable bonds is 5. The van der Waals surface area contributed by atoms with Crippen LogP contribution in [0.3, 0.4) is 0 Å². The number of guanidine groups is 1. The summed E-state index contributed by atoms with van der Waals surface area (Å²) >= 11 is 3.17. The number of H-pyrrole nitrogens is 1. The Morgan fingerprint density at radius 2 is 1.93 bits per heavy atom. The summed E-state index contributed by atoms with van der Waals surface area (Å²) in [6.07, 6.45) is 0. The largest absolute Gasteiger partial charge is 0.325 e. The van der Waals surface area contributed by atoms with Crippen molar-refractivity contribution >= 4 is 50.9 Å². The number of aromatic nitrogens is 3. The van der Waals surface area contributed by atoms with Crippen LogP contribution in [0.1, 0.15) is 5.69 Å². The van der Waals surface area contributed by atoms with Gasteiger partial charge in [-0.25, -0.2) is 15.0 Å². The molecule has 0 radical (unpaired) electrons. The Morgan fingerprint density at radius 3 is 2.75 bits per heavy atom. The van der Waals surface area contributed by atoms with Crippen LogP contribution in [-0.4, -0.2) is 20.9 Å². The molecular weight excluding hydrogens is 392 g/mol. The highest BCUT2D eigenvalue weighted by molar-refractivity contribution is 8.00. The van der Waals surface area contributed by atoms with E-state index in [2.05, 4.69) is 25.3 Å². The van der Waals surface area contributed by atoms with Crippen LogP contribution >= 0.6 is 23.1 Å². The fourth-order valence-corrected chi connectivity index (χ4v) is 4.49. The number of aromatic amines is 1. The Balaban J connectivity index is 1.48. The van der Waals surface area contributed by atoms with E-state index in [1.807, 2.05) is 54.6 Å². The smallest absolute Gasteiger partial charge is 0.322 e. The second kappa shape index (κ2) is 8.24. The van der Waals surface area contributed by atoms with E-state index in [1.54, 1.807) is 23.1 Å². The van der Waals surface area contributed by atoms with Gasteiger partial charge in [-0.3, -0.25) is 10.1 Å². The zero-order valence-corrected chi connectivity index (χ0v) is 16.3. The molecule has 0 atom stereocenters. The summed E-state index contributed by atoms with van der Waals surface area (Å²) < 4.78 is 2.08. The predicted molar refractivity (Wildman–Crippen MR) is 114 cm³/mol. The molecule has 0 bridgehead atoms. The SMILES string of the molecule is NC(Nc1ccccc1)=[NH+]c1nc(CSc2nc3ccccc3s2)cc(=O)[nH]1. The number of hydrogen-bond acceptors (Lipinski definition) is 5. The third-order valence-electron chi connectivity index (χ3n) is 3.72. The molecule has 0 saturated carbocycles. The number of nitrogens with two attached hydrogens (primary N) is 1. The van der Waals surface area contributed by atoms with Crippen LogP contribution in [0.25, 0.3) is 10.2 Å². The van der Waals surface area contributed by atoms with E-state index >= 15 is 0 Å². The van der Waals surface area contributed by atoms with E-state index in [0.29, 0.717) is 11.4 Å². The van der Waals surface area contributed by atoms with Crippen LogP contribution in [0.15, 0.2) is 69.8 Å². The monoisotopic (exact) mass is 409 g/mol. The van der Waals surface area contributed by atoms with E-state index in [-0.39, 0.29) is 17.5 Å². The highest BCUT2D eigenvalue weighted by Gasteiger charge is 2.09. The van der Waals surface area contributed by atoms with E-state index in [4.69, 9.17) is 5.73 Å². The molecule has 5 N–H and O–H groups in total. The van der Waals surface area contributed by atoms with Crippen molar-refractivity contribution in [2.45, 2.75) is 10.1 Å². The number of thiazole rings is 1. The lowest BCUT2D eigenvalue weighted by atomic mass is 10.3. The van der Waals surface area contributed by atoms with Crippen molar-refractivity contribution in [2.75, 3.05) is 5.32 Å². The molecule has 7 nitrogen and oxygen atoms in total. The minimum atomic E-state index is -0.245. The minimum absolute atomic E-state index is 0.245. The zero-order chi connectivity index (χ0) is 19.3. The maximum atomic E-state index is 12.0. The number of fused-ring (bicyclic) bond motifs is 1. The Bertz CT molecular complexity index is 1150. The van der Waals surface area contributed by atoms with Gasteiger partial charge in [-0.2, -0.15) is 0 Å². The first-order valence-corrected chi connectivity index (χ1v) is 10.3. The molecule has 0 amide bonds. The average molecular weight is 410 g/mol. The molecule has 0 unspecified atom stereocenters. The average Bonchev–Trinajstić information content (AvgIpc) is 3.10. The van der Waals surface area contributed by atoms with Gasteiger partial charge in [0.25, 0.3) is 11.5 Å². The number of hydrogen-bond donors (Lipinski definition) is 4. The van der Waals surface area contributed by atoms with Gasteiger partial charge in [-0.1, -0.05) is 42.1 Å². The van der Waals surface area contributed by atoms with Crippen molar-refractivity contribution in [2.24, 2.45) is 5.73 Å². The van der Waals surface area contributed by atoms with Crippen molar-refractivity contribution in [3.63, 3.8) is 0 Å². The van der Waals surface area contributed by atoms with Crippen LogP contribution in [0.5, 0.6) is 0 Å². The lowest BCUT2D eigenvalue weighted by molar-refractivity contribution is -0.365. The first-order chi connectivity index (χ1) is 13.7. The molecule has 4 rings (SSSR count). The fourth-order valence-electron chi connectivity index (χ4n) is 2.53. The van der Waals surface area contributed by atoms with Crippen molar-refractivity contribution in [1.82, 2.24) is 15.0 Å². The molecule has 28 heavy (non-hydrogen) atoms. The topological polar surface area (TPSA) is 111 Å². The van der Waals surface area contributed by atoms with Gasteiger partial charge in [0.1, 0.15) is 5.69 Å². The van der Waals surface area contributed by atoms with Gasteiger partial charge in [0.05, 0.1) is 21.7 Å². The van der Waals surface area contributed by atoms with Crippen LogP contribution < -0.4 is 21.6 Å². The van der Waals surface area contributed by atoms with Gasteiger partial charge in [0, 0.05) is 6.07 Å². The van der Waals surface area contributed by atoms with E-state index in [0.717, 1.165) is 20.2 Å². The van der Waals surface area contributed by atoms with E-state index in [9.17, 15) is 4.79 Å². The fraction of sp³-hybridized carbons (Fsp3) is 0.0526. The zero-order valence-electron chi connectivity index (χ0n) is 14.7. The molecule has 0 spiro atoms. The van der Waals surface area contributed by atoms with Gasteiger partial charge < -0.3 is 5.73 Å². The van der Waals surface area contributed by atoms with Crippen molar-refractivity contribution in [3.8, 4) is 0 Å². The summed E-state index contributed by atoms with van der Waals surface area (Å²) in [4.78, 5) is 26.5. The van der Waals surface area contributed by atoms with Crippen molar-refractivity contribution in [3.05, 3.63) is 76.7 Å². The lowest BCUT2D eigenvalue weighted by Crippen LogP contribution is -2.73. The number of nitrogens with one attached hydrogen (secondary N) is 3. The van der Waals surface area contributed by atoms with Gasteiger partial charge in [0.15, 0.2) is 4.34 Å². The van der Waals surface area contributed by atoms with Crippen LogP contribution in [0.2, 0.25) is 0 Å². The molecule has 9 heteroatoms. The maximum Gasteiger partial charge on any atom is 0.325 e. The standard InChI is InChI=1S/C19H16N6OS2/c20-17(21-12-6-2-1-3-7-12)25-18-22-13(10-16(26)24-18)11-27-19-23-14-8-4-5-9-15(14)28-19/h1-10H,11H2,(H4,20,21,22,24,25,26)/p+1. The minimum Gasteiger partial charge on any atom is -0.322 e. The quantitative estimate of drug-likeness (QED) is 0.227. The molecule has 0 fully saturated rings. The molecular formula is C19H17N6OS2+. The molecule has 140 valence electrons. The third kappa shape index (κ3) is 4.56. The molecule has 0 aliphatic carbocycles. The van der Waals surface area contributed by atoms with Crippen LogP contribution in [-0.2, 0) is 5.75 Å². The van der Waals surface area contributed by atoms with Gasteiger partial charge in [-0.05, 0) is 24.3 Å². The second-order valence-electron chi connectivity index (χ2n) is 5.85.